The Bertz CT molecular complexity index is 2350. The van der Waals surface area contributed by atoms with Crippen molar-refractivity contribution in [1.29, 1.82) is 0 Å². The third kappa shape index (κ3) is 10.1. The highest BCUT2D eigenvalue weighted by molar-refractivity contribution is 6.05. The molecule has 332 valence electrons. The number of aliphatic hydroxyl groups is 2. The molecule has 0 bridgehead atoms. The van der Waals surface area contributed by atoms with E-state index in [1.54, 1.807) is 37.5 Å². The zero-order chi connectivity index (χ0) is 43.8. The van der Waals surface area contributed by atoms with E-state index in [4.69, 9.17) is 23.9 Å². The lowest BCUT2D eigenvalue weighted by Gasteiger charge is -2.38. The second-order valence-corrected chi connectivity index (χ2v) is 17.2. The van der Waals surface area contributed by atoms with Gasteiger partial charge in [0.05, 0.1) is 26.4 Å². The molecule has 0 spiro atoms. The third-order valence-corrected chi connectivity index (χ3v) is 12.7. The number of nitrogens with zero attached hydrogens (tertiary/aromatic N) is 2. The Morgan fingerprint density at radius 2 is 1.70 bits per heavy atom. The maximum atomic E-state index is 12.0. The predicted molar refractivity (Wildman–Crippen MR) is 247 cm³/mol. The number of piperazine rings is 1. The highest BCUT2D eigenvalue weighted by Crippen LogP contribution is 2.53. The Balaban J connectivity index is 1.14. The number of carbonyl (C=O) groups excluding carboxylic acids is 1. The number of methoxy groups -OCH3 is 1. The minimum Gasteiger partial charge on any atom is -0.508 e. The van der Waals surface area contributed by atoms with E-state index >= 15 is 0 Å². The van der Waals surface area contributed by atoms with Crippen LogP contribution < -0.4 is 34.1 Å². The fourth-order valence-corrected chi connectivity index (χ4v) is 9.17. The van der Waals surface area contributed by atoms with Crippen molar-refractivity contribution in [3.05, 3.63) is 125 Å². The number of aliphatic hydroxyl groups excluding tert-OH is 2. The first-order valence-electron chi connectivity index (χ1n) is 22.5. The molecule has 2 unspecified atom stereocenters. The van der Waals surface area contributed by atoms with Crippen molar-refractivity contribution in [3.8, 4) is 39.9 Å². The highest BCUT2D eigenvalue weighted by atomic mass is 16.5. The predicted octanol–water partition coefficient (Wildman–Crippen LogP) is 8.07. The van der Waals surface area contributed by atoms with Crippen molar-refractivity contribution >= 4 is 17.7 Å². The van der Waals surface area contributed by atoms with Crippen LogP contribution in [-0.4, -0.2) is 85.1 Å². The van der Waals surface area contributed by atoms with Crippen molar-refractivity contribution in [3.63, 3.8) is 0 Å². The molecule has 5 aromatic rings. The molecule has 11 heteroatoms. The summed E-state index contributed by atoms with van der Waals surface area (Å²) in [4.78, 5) is 19.8. The smallest absolute Gasteiger partial charge is 0.335 e. The quantitative estimate of drug-likeness (QED) is 0.0504. The van der Waals surface area contributed by atoms with Gasteiger partial charge in [0.15, 0.2) is 17.1 Å². The Kier molecular flexibility index (Phi) is 14.1. The van der Waals surface area contributed by atoms with Gasteiger partial charge in [0.25, 0.3) is 0 Å². The maximum Gasteiger partial charge on any atom is 0.335 e. The van der Waals surface area contributed by atoms with E-state index < -0.39 is 12.2 Å². The van der Waals surface area contributed by atoms with Gasteiger partial charge in [-0.3, -0.25) is 4.79 Å². The molecule has 63 heavy (non-hydrogen) atoms. The van der Waals surface area contributed by atoms with E-state index in [1.165, 1.54) is 18.5 Å². The van der Waals surface area contributed by atoms with Crippen LogP contribution in [-0.2, 0) is 18.3 Å². The van der Waals surface area contributed by atoms with Crippen LogP contribution in [0.1, 0.15) is 91.5 Å². The molecule has 1 saturated carbocycles. The average Bonchev–Trinajstić information content (AvgIpc) is 3.97. The molecule has 11 nitrogen and oxygen atoms in total. The molecule has 2 aliphatic heterocycles. The summed E-state index contributed by atoms with van der Waals surface area (Å²) in [7, 11) is 1.54. The number of aryl methyl sites for hydroxylation is 1. The summed E-state index contributed by atoms with van der Waals surface area (Å²) >= 11 is 0. The monoisotopic (exact) mass is 855 g/mol. The lowest BCUT2D eigenvalue weighted by Crippen LogP contribution is -2.44. The van der Waals surface area contributed by atoms with E-state index in [0.717, 1.165) is 72.7 Å². The number of benzene rings is 4. The third-order valence-electron chi connectivity index (χ3n) is 12.7. The van der Waals surface area contributed by atoms with Crippen LogP contribution in [0.25, 0.3) is 17.2 Å². The molecule has 0 radical (unpaired) electrons. The summed E-state index contributed by atoms with van der Waals surface area (Å²) in [5.41, 5.74) is 7.51. The van der Waals surface area contributed by atoms with Crippen LogP contribution in [0.3, 0.4) is 0 Å². The van der Waals surface area contributed by atoms with Crippen molar-refractivity contribution in [2.75, 3.05) is 58.0 Å². The van der Waals surface area contributed by atoms with Crippen LogP contribution in [0, 0.1) is 0 Å². The van der Waals surface area contributed by atoms with Crippen LogP contribution in [0.5, 0.6) is 28.7 Å². The standard InChI is InChI=1S/C52H60N3O8/c1-52(23-6-7-24-52)45-33-42(51(54-45)55-27-25-53-26-28-55)38-13-8-12-36(32-38)15-21-41-47-46(43(59)34-44(63-47)37-16-19-39(57)20-17-37)49(50(60-2)48(41)61-30-9-29-56)62-31-22-40(58)18-14-35-10-4-3-5-11-35/h3-5,8,10-14,16-20,32-33,40,44,53,56-58H,6-7,9,15,21-31,34H2,1-2H3/q-1/p+1. The van der Waals surface area contributed by atoms with E-state index in [-0.39, 0.29) is 55.4 Å². The van der Waals surface area contributed by atoms with E-state index in [9.17, 15) is 20.1 Å². The van der Waals surface area contributed by atoms with Gasteiger partial charge < -0.3 is 49.5 Å². The van der Waals surface area contributed by atoms with Gasteiger partial charge in [0.2, 0.25) is 5.75 Å². The number of aromatic nitrogens is 1. The van der Waals surface area contributed by atoms with Gasteiger partial charge in [-0.15, -0.1) is 0 Å². The number of phenols is 1. The molecular weight excluding hydrogens is 795 g/mol. The SMILES string of the molecule is COc1c(OCCCO)c(CCc2cccc(-c3cc(C4(C)CCCC4)[n-]c3N3CCNCC3)c2)c2c(c1OCCC(O)C=Cc1ccccc1)C(=[OH+])CC(c1ccc(O)cc1)O2. The summed E-state index contributed by atoms with van der Waals surface area (Å²) in [6, 6.07) is 27.6. The second kappa shape index (κ2) is 20.2. The fraction of sp³-hybridized carbons (Fsp3) is 0.404. The lowest BCUT2D eigenvalue weighted by atomic mass is 9.85. The molecule has 2 atom stereocenters. The molecule has 8 rings (SSSR count). The highest BCUT2D eigenvalue weighted by Gasteiger charge is 2.41. The number of hydrogen-bond acceptors (Lipinski definition) is 9. The molecule has 1 aromatic heterocycles. The minimum atomic E-state index is -0.787. The summed E-state index contributed by atoms with van der Waals surface area (Å²) in [5, 5.41) is 34.2. The molecule has 5 N–H and O–H groups in total. The van der Waals surface area contributed by atoms with Crippen LogP contribution in [0.15, 0.2) is 91.0 Å². The Morgan fingerprint density at radius 1 is 0.937 bits per heavy atom. The number of nitrogens with one attached hydrogen (secondary N) is 1. The number of ketones is 1. The van der Waals surface area contributed by atoms with Crippen molar-refractivity contribution < 1.29 is 39.1 Å². The minimum absolute atomic E-state index is 0.0610. The number of ether oxygens (including phenoxy) is 4. The van der Waals surface area contributed by atoms with E-state index in [0.29, 0.717) is 47.6 Å². The van der Waals surface area contributed by atoms with Crippen LogP contribution in [0.2, 0.25) is 0 Å². The molecule has 1 aliphatic carbocycles. The van der Waals surface area contributed by atoms with Crippen molar-refractivity contribution in [2.45, 2.75) is 82.3 Å². The number of hydrogen-bond donors (Lipinski definition) is 4. The lowest BCUT2D eigenvalue weighted by molar-refractivity contribution is 0.170. The van der Waals surface area contributed by atoms with E-state index in [2.05, 4.69) is 47.5 Å². The number of fused-ring (bicyclic) bond motifs is 1. The molecule has 1 saturated heterocycles. The summed E-state index contributed by atoms with van der Waals surface area (Å²) in [6.45, 7) is 6.29. The first-order valence-corrected chi connectivity index (χ1v) is 22.5. The largest absolute Gasteiger partial charge is 0.508 e. The van der Waals surface area contributed by atoms with Crippen molar-refractivity contribution in [1.82, 2.24) is 10.3 Å². The topological polar surface area (TPSA) is 148 Å². The number of aromatic hydroxyl groups is 1. The maximum absolute atomic E-state index is 12.0. The summed E-state index contributed by atoms with van der Waals surface area (Å²) in [5.74, 6) is 2.65. The van der Waals surface area contributed by atoms with Crippen molar-refractivity contribution in [2.24, 2.45) is 0 Å². The number of phenolic OH excluding ortho intramolecular Hbond substituents is 1. The zero-order valence-electron chi connectivity index (χ0n) is 36.5. The number of anilines is 1. The average molecular weight is 856 g/mol. The normalized spacial score (nSPS) is 17.7. The summed E-state index contributed by atoms with van der Waals surface area (Å²) in [6.07, 6.45) is 8.89. The molecule has 0 amide bonds. The number of rotatable bonds is 18. The first kappa shape index (κ1) is 43.9. The van der Waals surface area contributed by atoms with Gasteiger partial charge in [0, 0.05) is 25.0 Å². The molecular formula is C52H61N3O8. The van der Waals surface area contributed by atoms with Gasteiger partial charge in [-0.1, -0.05) is 116 Å². The van der Waals surface area contributed by atoms with Gasteiger partial charge >= 0.3 is 5.78 Å². The van der Waals surface area contributed by atoms with Gasteiger partial charge in [-0.25, -0.2) is 0 Å². The molecule has 4 aromatic carbocycles. The van der Waals surface area contributed by atoms with Gasteiger partial charge in [0.1, 0.15) is 24.0 Å². The Morgan fingerprint density at radius 3 is 2.44 bits per heavy atom. The molecule has 2 fully saturated rings. The van der Waals surface area contributed by atoms with Crippen LogP contribution >= 0.6 is 0 Å². The zero-order valence-corrected chi connectivity index (χ0v) is 36.5. The first-order chi connectivity index (χ1) is 30.7. The second-order valence-electron chi connectivity index (χ2n) is 17.2. The van der Waals surface area contributed by atoms with Crippen LogP contribution in [0.4, 0.5) is 5.82 Å². The Hall–Kier alpha value is -5.75. The summed E-state index contributed by atoms with van der Waals surface area (Å²) < 4.78 is 25.9. The van der Waals surface area contributed by atoms with Gasteiger partial charge in [-0.05, 0) is 97.2 Å². The van der Waals surface area contributed by atoms with E-state index in [1.807, 2.05) is 36.4 Å². The molecule has 3 aliphatic rings. The molecule has 3 heterocycles. The Labute approximate surface area is 370 Å². The fourth-order valence-electron chi connectivity index (χ4n) is 9.17. The van der Waals surface area contributed by atoms with Gasteiger partial charge in [-0.2, -0.15) is 0 Å².